The highest BCUT2D eigenvalue weighted by Gasteiger charge is 2.21. The molecular weight excluding hydrogens is 270 g/mol. The number of nitrogens with zero attached hydrogens (tertiary/aromatic N) is 1. The van der Waals surface area contributed by atoms with Gasteiger partial charge in [0.25, 0.3) is 0 Å². The zero-order valence-corrected chi connectivity index (χ0v) is 12.1. The van der Waals surface area contributed by atoms with Crippen molar-refractivity contribution in [2.24, 2.45) is 0 Å². The molecule has 6 nitrogen and oxygen atoms in total. The van der Waals surface area contributed by atoms with Crippen molar-refractivity contribution in [2.75, 3.05) is 20.1 Å². The Morgan fingerprint density at radius 1 is 1.29 bits per heavy atom. The molecule has 6 heteroatoms. The van der Waals surface area contributed by atoms with Crippen molar-refractivity contribution in [1.29, 1.82) is 0 Å². The van der Waals surface area contributed by atoms with E-state index < -0.39 is 5.97 Å². The Hall–Kier alpha value is -2.08. The maximum Gasteiger partial charge on any atom is 0.335 e. The van der Waals surface area contributed by atoms with Gasteiger partial charge < -0.3 is 20.6 Å². The summed E-state index contributed by atoms with van der Waals surface area (Å²) in [6.45, 7) is 2.28. The van der Waals surface area contributed by atoms with E-state index in [1.807, 2.05) is 7.05 Å². The standard InChI is InChI=1S/C15H21N3O3/c1-18(13-6-8-16-9-7-13)15(21)17-10-11-2-4-12(5-3-11)14(19)20/h2-5,13,16H,6-10H2,1H3,(H,17,21)(H,19,20). The monoisotopic (exact) mass is 291 g/mol. The van der Waals surface area contributed by atoms with Crippen LogP contribution in [0.2, 0.25) is 0 Å². The molecule has 1 aliphatic heterocycles. The topological polar surface area (TPSA) is 81.7 Å². The van der Waals surface area contributed by atoms with Crippen molar-refractivity contribution in [3.05, 3.63) is 35.4 Å². The molecule has 1 aromatic rings. The molecule has 0 aliphatic carbocycles. The molecular formula is C15H21N3O3. The van der Waals surface area contributed by atoms with Gasteiger partial charge in [-0.1, -0.05) is 12.1 Å². The van der Waals surface area contributed by atoms with E-state index in [2.05, 4.69) is 10.6 Å². The molecule has 1 fully saturated rings. The van der Waals surface area contributed by atoms with Crippen molar-refractivity contribution in [2.45, 2.75) is 25.4 Å². The molecule has 0 radical (unpaired) electrons. The number of rotatable bonds is 4. The number of carbonyl (C=O) groups excluding carboxylic acids is 1. The minimum atomic E-state index is -0.948. The van der Waals surface area contributed by atoms with Crippen LogP contribution < -0.4 is 10.6 Å². The number of carboxylic acids is 1. The summed E-state index contributed by atoms with van der Waals surface area (Å²) in [5.74, 6) is -0.948. The van der Waals surface area contributed by atoms with Crippen molar-refractivity contribution in [3.63, 3.8) is 0 Å². The highest BCUT2D eigenvalue weighted by Crippen LogP contribution is 2.10. The Kier molecular flexibility index (Phi) is 5.16. The van der Waals surface area contributed by atoms with Crippen LogP contribution in [0.5, 0.6) is 0 Å². The largest absolute Gasteiger partial charge is 0.478 e. The first-order valence-corrected chi connectivity index (χ1v) is 7.11. The van der Waals surface area contributed by atoms with Gasteiger partial charge in [0.15, 0.2) is 0 Å². The lowest BCUT2D eigenvalue weighted by atomic mass is 10.1. The second-order valence-electron chi connectivity index (χ2n) is 5.25. The minimum absolute atomic E-state index is 0.0933. The Balaban J connectivity index is 1.83. The predicted molar refractivity (Wildman–Crippen MR) is 79.3 cm³/mol. The van der Waals surface area contributed by atoms with Gasteiger partial charge in [0.05, 0.1) is 5.56 Å². The number of hydrogen-bond acceptors (Lipinski definition) is 3. The van der Waals surface area contributed by atoms with E-state index >= 15 is 0 Å². The van der Waals surface area contributed by atoms with E-state index in [9.17, 15) is 9.59 Å². The molecule has 1 saturated heterocycles. The third-order valence-corrected chi connectivity index (χ3v) is 3.82. The summed E-state index contributed by atoms with van der Waals surface area (Å²) in [6, 6.07) is 6.70. The maximum absolute atomic E-state index is 12.1. The van der Waals surface area contributed by atoms with Gasteiger partial charge in [-0.3, -0.25) is 0 Å². The third-order valence-electron chi connectivity index (χ3n) is 3.82. The average Bonchev–Trinajstić information content (AvgIpc) is 2.53. The lowest BCUT2D eigenvalue weighted by Crippen LogP contribution is -2.47. The number of hydrogen-bond donors (Lipinski definition) is 3. The van der Waals surface area contributed by atoms with Crippen molar-refractivity contribution in [3.8, 4) is 0 Å². The smallest absolute Gasteiger partial charge is 0.335 e. The number of piperidine rings is 1. The number of urea groups is 1. The lowest BCUT2D eigenvalue weighted by molar-refractivity contribution is 0.0697. The Morgan fingerprint density at radius 3 is 2.48 bits per heavy atom. The summed E-state index contributed by atoms with van der Waals surface area (Å²) in [5.41, 5.74) is 1.13. The molecule has 0 bridgehead atoms. The third kappa shape index (κ3) is 4.19. The van der Waals surface area contributed by atoms with Gasteiger partial charge in [-0.25, -0.2) is 9.59 Å². The SMILES string of the molecule is CN(C(=O)NCc1ccc(C(=O)O)cc1)C1CCNCC1. The molecule has 2 amide bonds. The fourth-order valence-corrected chi connectivity index (χ4v) is 2.43. The number of nitrogens with one attached hydrogen (secondary N) is 2. The number of benzene rings is 1. The van der Waals surface area contributed by atoms with Gasteiger partial charge in [0.1, 0.15) is 0 Å². The van der Waals surface area contributed by atoms with Gasteiger partial charge in [0.2, 0.25) is 0 Å². The van der Waals surface area contributed by atoms with Crippen LogP contribution in [0.4, 0.5) is 4.79 Å². The van der Waals surface area contributed by atoms with E-state index in [0.29, 0.717) is 6.54 Å². The molecule has 2 rings (SSSR count). The molecule has 0 atom stereocenters. The van der Waals surface area contributed by atoms with Crippen LogP contribution in [0.15, 0.2) is 24.3 Å². The number of aromatic carboxylic acids is 1. The number of amides is 2. The first-order valence-electron chi connectivity index (χ1n) is 7.11. The Morgan fingerprint density at radius 2 is 1.90 bits per heavy atom. The number of carbonyl (C=O) groups is 2. The highest BCUT2D eigenvalue weighted by atomic mass is 16.4. The summed E-state index contributed by atoms with van der Waals surface area (Å²) in [4.78, 5) is 24.6. The Bertz CT molecular complexity index is 495. The van der Waals surface area contributed by atoms with Gasteiger partial charge >= 0.3 is 12.0 Å². The molecule has 0 unspecified atom stereocenters. The molecule has 1 aliphatic rings. The van der Waals surface area contributed by atoms with Crippen LogP contribution in [0.3, 0.4) is 0 Å². The lowest BCUT2D eigenvalue weighted by Gasteiger charge is -2.31. The van der Waals surface area contributed by atoms with E-state index in [1.165, 1.54) is 0 Å². The van der Waals surface area contributed by atoms with Gasteiger partial charge in [-0.05, 0) is 43.6 Å². The van der Waals surface area contributed by atoms with Crippen molar-refractivity contribution >= 4 is 12.0 Å². The highest BCUT2D eigenvalue weighted by molar-refractivity contribution is 5.87. The zero-order chi connectivity index (χ0) is 15.2. The van der Waals surface area contributed by atoms with Crippen LogP contribution in [0, 0.1) is 0 Å². The summed E-state index contributed by atoms with van der Waals surface area (Å²) >= 11 is 0. The van der Waals surface area contributed by atoms with Crippen LogP contribution >= 0.6 is 0 Å². The molecule has 1 heterocycles. The van der Waals surface area contributed by atoms with Gasteiger partial charge in [0, 0.05) is 19.6 Å². The van der Waals surface area contributed by atoms with Gasteiger partial charge in [-0.2, -0.15) is 0 Å². The second-order valence-corrected chi connectivity index (χ2v) is 5.25. The molecule has 0 spiro atoms. The van der Waals surface area contributed by atoms with E-state index in [0.717, 1.165) is 31.5 Å². The minimum Gasteiger partial charge on any atom is -0.478 e. The molecule has 0 aromatic heterocycles. The maximum atomic E-state index is 12.1. The van der Waals surface area contributed by atoms with Crippen molar-refractivity contribution in [1.82, 2.24) is 15.5 Å². The first kappa shape index (κ1) is 15.3. The van der Waals surface area contributed by atoms with E-state index in [4.69, 9.17) is 5.11 Å². The van der Waals surface area contributed by atoms with E-state index in [1.54, 1.807) is 29.2 Å². The summed E-state index contributed by atoms with van der Waals surface area (Å²) in [5, 5.41) is 15.0. The normalized spacial score (nSPS) is 15.5. The zero-order valence-electron chi connectivity index (χ0n) is 12.1. The van der Waals surface area contributed by atoms with Crippen LogP contribution in [-0.4, -0.2) is 48.2 Å². The molecule has 114 valence electrons. The van der Waals surface area contributed by atoms with Crippen LogP contribution in [-0.2, 0) is 6.54 Å². The number of carboxylic acid groups (broad SMARTS) is 1. The van der Waals surface area contributed by atoms with E-state index in [-0.39, 0.29) is 17.6 Å². The second kappa shape index (κ2) is 7.08. The fourth-order valence-electron chi connectivity index (χ4n) is 2.43. The summed E-state index contributed by atoms with van der Waals surface area (Å²) in [6.07, 6.45) is 1.94. The van der Waals surface area contributed by atoms with Gasteiger partial charge in [-0.15, -0.1) is 0 Å². The van der Waals surface area contributed by atoms with Crippen molar-refractivity contribution < 1.29 is 14.7 Å². The summed E-state index contributed by atoms with van der Waals surface area (Å²) in [7, 11) is 1.82. The molecule has 1 aromatic carbocycles. The molecule has 21 heavy (non-hydrogen) atoms. The fraction of sp³-hybridized carbons (Fsp3) is 0.467. The summed E-state index contributed by atoms with van der Waals surface area (Å²) < 4.78 is 0. The Labute approximate surface area is 124 Å². The van der Waals surface area contributed by atoms with Crippen LogP contribution in [0.1, 0.15) is 28.8 Å². The predicted octanol–water partition coefficient (Wildman–Crippen LogP) is 1.28. The average molecular weight is 291 g/mol. The van der Waals surface area contributed by atoms with Crippen LogP contribution in [0.25, 0.3) is 0 Å². The quantitative estimate of drug-likeness (QED) is 0.780. The first-order chi connectivity index (χ1) is 10.1. The molecule has 3 N–H and O–H groups in total. The molecule has 0 saturated carbocycles.